The normalized spacial score (nSPS) is 11.2. The number of rotatable bonds is 5. The SMILES string of the molecule is COc1ccc(C(=O)CC(C#N)C=N)cc1. The number of ketones is 1. The van der Waals surface area contributed by atoms with Crippen molar-refractivity contribution >= 4 is 12.0 Å². The molecule has 0 saturated heterocycles. The minimum Gasteiger partial charge on any atom is -0.497 e. The fourth-order valence-electron chi connectivity index (χ4n) is 1.24. The average Bonchev–Trinajstić information content (AvgIpc) is 2.35. The molecule has 0 aliphatic rings. The largest absolute Gasteiger partial charge is 0.497 e. The highest BCUT2D eigenvalue weighted by Gasteiger charge is 2.12. The summed E-state index contributed by atoms with van der Waals surface area (Å²) in [5.41, 5.74) is 0.530. The number of nitriles is 1. The molecule has 1 rings (SSSR count). The highest BCUT2D eigenvalue weighted by Crippen LogP contribution is 2.14. The van der Waals surface area contributed by atoms with Crippen molar-refractivity contribution in [2.45, 2.75) is 6.42 Å². The predicted molar refractivity (Wildman–Crippen MR) is 59.8 cm³/mol. The molecule has 82 valence electrons. The van der Waals surface area contributed by atoms with Crippen molar-refractivity contribution in [3.63, 3.8) is 0 Å². The van der Waals surface area contributed by atoms with Gasteiger partial charge in [0.15, 0.2) is 5.78 Å². The molecular weight excluding hydrogens is 204 g/mol. The topological polar surface area (TPSA) is 73.9 Å². The third kappa shape index (κ3) is 2.92. The molecule has 1 aromatic rings. The average molecular weight is 216 g/mol. The molecule has 4 heteroatoms. The van der Waals surface area contributed by atoms with Crippen LogP contribution < -0.4 is 4.74 Å². The summed E-state index contributed by atoms with van der Waals surface area (Å²) in [6, 6.07) is 8.58. The second kappa shape index (κ2) is 5.66. The van der Waals surface area contributed by atoms with E-state index in [1.807, 2.05) is 6.07 Å². The third-order valence-corrected chi connectivity index (χ3v) is 2.18. The Morgan fingerprint density at radius 2 is 2.19 bits per heavy atom. The van der Waals surface area contributed by atoms with Crippen LogP contribution in [0, 0.1) is 22.7 Å². The highest BCUT2D eigenvalue weighted by molar-refractivity contribution is 5.97. The van der Waals surface area contributed by atoms with Crippen LogP contribution in [-0.2, 0) is 0 Å². The molecule has 4 nitrogen and oxygen atoms in total. The van der Waals surface area contributed by atoms with E-state index in [-0.39, 0.29) is 12.2 Å². The van der Waals surface area contributed by atoms with E-state index in [0.29, 0.717) is 11.3 Å². The molecule has 0 aliphatic heterocycles. The van der Waals surface area contributed by atoms with Crippen molar-refractivity contribution in [1.82, 2.24) is 0 Å². The Morgan fingerprint density at radius 3 is 2.62 bits per heavy atom. The number of carbonyl (C=O) groups excluding carboxylic acids is 1. The van der Waals surface area contributed by atoms with E-state index in [1.165, 1.54) is 0 Å². The monoisotopic (exact) mass is 216 g/mol. The minimum absolute atomic E-state index is 0.0479. The van der Waals surface area contributed by atoms with Gasteiger partial charge in [-0.15, -0.1) is 0 Å². The van der Waals surface area contributed by atoms with Crippen molar-refractivity contribution in [3.05, 3.63) is 29.8 Å². The Morgan fingerprint density at radius 1 is 1.56 bits per heavy atom. The summed E-state index contributed by atoms with van der Waals surface area (Å²) in [6.45, 7) is 0. The van der Waals surface area contributed by atoms with Gasteiger partial charge in [0.2, 0.25) is 0 Å². The zero-order valence-corrected chi connectivity index (χ0v) is 8.93. The van der Waals surface area contributed by atoms with Gasteiger partial charge in [0.1, 0.15) is 5.75 Å². The van der Waals surface area contributed by atoms with Crippen LogP contribution in [0.15, 0.2) is 24.3 Å². The first-order chi connectivity index (χ1) is 7.71. The van der Waals surface area contributed by atoms with Crippen molar-refractivity contribution in [1.29, 1.82) is 10.7 Å². The number of nitrogens with one attached hydrogen (secondary N) is 1. The predicted octanol–water partition coefficient (Wildman–Crippen LogP) is 2.06. The Labute approximate surface area is 94.0 Å². The van der Waals surface area contributed by atoms with Gasteiger partial charge < -0.3 is 10.1 Å². The number of nitrogens with zero attached hydrogens (tertiary/aromatic N) is 1. The van der Waals surface area contributed by atoms with Crippen LogP contribution in [-0.4, -0.2) is 19.1 Å². The Hall–Kier alpha value is -2.15. The molecule has 0 fully saturated rings. The lowest BCUT2D eigenvalue weighted by molar-refractivity contribution is 0.0978. The van der Waals surface area contributed by atoms with Crippen molar-refractivity contribution in [3.8, 4) is 11.8 Å². The van der Waals surface area contributed by atoms with Crippen LogP contribution in [0.1, 0.15) is 16.8 Å². The standard InChI is InChI=1S/C12H12N2O2/c1-16-11-4-2-10(3-5-11)12(15)6-9(7-13)8-14/h2-5,7,9,13H,6H2,1H3. The number of methoxy groups -OCH3 is 1. The molecule has 16 heavy (non-hydrogen) atoms. The second-order valence-electron chi connectivity index (χ2n) is 3.26. The lowest BCUT2D eigenvalue weighted by Gasteiger charge is -2.03. The maximum absolute atomic E-state index is 11.7. The van der Waals surface area contributed by atoms with E-state index >= 15 is 0 Å². The lowest BCUT2D eigenvalue weighted by atomic mass is 10.0. The zero-order valence-electron chi connectivity index (χ0n) is 8.93. The lowest BCUT2D eigenvalue weighted by Crippen LogP contribution is -2.07. The van der Waals surface area contributed by atoms with Gasteiger partial charge in [-0.2, -0.15) is 5.26 Å². The number of hydrogen-bond donors (Lipinski definition) is 1. The van der Waals surface area contributed by atoms with E-state index in [4.69, 9.17) is 15.4 Å². The smallest absolute Gasteiger partial charge is 0.164 e. The van der Waals surface area contributed by atoms with Crippen LogP contribution in [0.5, 0.6) is 5.75 Å². The molecule has 1 N–H and O–H groups in total. The molecular formula is C12H12N2O2. The number of carbonyl (C=O) groups is 1. The molecule has 1 unspecified atom stereocenters. The first-order valence-corrected chi connectivity index (χ1v) is 4.78. The fraction of sp³-hybridized carbons (Fsp3) is 0.250. The van der Waals surface area contributed by atoms with Gasteiger partial charge in [-0.05, 0) is 24.3 Å². The molecule has 0 aromatic heterocycles. The van der Waals surface area contributed by atoms with E-state index < -0.39 is 5.92 Å². The molecule has 0 aliphatic carbocycles. The van der Waals surface area contributed by atoms with Crippen LogP contribution in [0.3, 0.4) is 0 Å². The van der Waals surface area contributed by atoms with Crippen LogP contribution in [0.4, 0.5) is 0 Å². The van der Waals surface area contributed by atoms with E-state index in [2.05, 4.69) is 0 Å². The summed E-state index contributed by atoms with van der Waals surface area (Å²) in [6.07, 6.45) is 1.04. The summed E-state index contributed by atoms with van der Waals surface area (Å²) >= 11 is 0. The van der Waals surface area contributed by atoms with Gasteiger partial charge in [0, 0.05) is 18.2 Å². The van der Waals surface area contributed by atoms with Crippen molar-refractivity contribution in [2.75, 3.05) is 7.11 Å². The van der Waals surface area contributed by atoms with Gasteiger partial charge in [-0.3, -0.25) is 4.79 Å². The van der Waals surface area contributed by atoms with Gasteiger partial charge in [0.25, 0.3) is 0 Å². The van der Waals surface area contributed by atoms with E-state index in [9.17, 15) is 4.79 Å². The Bertz CT molecular complexity index is 418. The Balaban J connectivity index is 2.73. The Kier molecular flexibility index (Phi) is 4.22. The van der Waals surface area contributed by atoms with Gasteiger partial charge in [0.05, 0.1) is 19.1 Å². The number of Topliss-reactive ketones (excluding diaryl/α,β-unsaturated/α-hetero) is 1. The molecule has 1 atom stereocenters. The summed E-state index contributed by atoms with van der Waals surface area (Å²) in [7, 11) is 1.55. The third-order valence-electron chi connectivity index (χ3n) is 2.18. The van der Waals surface area contributed by atoms with Gasteiger partial charge >= 0.3 is 0 Å². The number of benzene rings is 1. The summed E-state index contributed by atoms with van der Waals surface area (Å²) in [4.78, 5) is 11.7. The van der Waals surface area contributed by atoms with Crippen LogP contribution in [0.2, 0.25) is 0 Å². The number of ether oxygens (including phenoxy) is 1. The summed E-state index contributed by atoms with van der Waals surface area (Å²) < 4.78 is 4.97. The molecule has 0 amide bonds. The molecule has 0 heterocycles. The van der Waals surface area contributed by atoms with E-state index in [1.54, 1.807) is 31.4 Å². The first kappa shape index (κ1) is 11.9. The van der Waals surface area contributed by atoms with Gasteiger partial charge in [-0.1, -0.05) is 0 Å². The minimum atomic E-state index is -0.644. The second-order valence-corrected chi connectivity index (χ2v) is 3.26. The fourth-order valence-corrected chi connectivity index (χ4v) is 1.24. The number of hydrogen-bond acceptors (Lipinski definition) is 4. The molecule has 0 bridgehead atoms. The quantitative estimate of drug-likeness (QED) is 0.604. The molecule has 0 radical (unpaired) electrons. The summed E-state index contributed by atoms with van der Waals surface area (Å²) in [5, 5.41) is 15.6. The molecule has 0 saturated carbocycles. The summed E-state index contributed by atoms with van der Waals surface area (Å²) in [5.74, 6) is -0.104. The molecule has 0 spiro atoms. The maximum Gasteiger partial charge on any atom is 0.164 e. The zero-order chi connectivity index (χ0) is 12.0. The van der Waals surface area contributed by atoms with E-state index in [0.717, 1.165) is 6.21 Å². The maximum atomic E-state index is 11.7. The molecule has 1 aromatic carbocycles. The van der Waals surface area contributed by atoms with Crippen LogP contribution >= 0.6 is 0 Å². The van der Waals surface area contributed by atoms with Crippen molar-refractivity contribution in [2.24, 2.45) is 5.92 Å². The van der Waals surface area contributed by atoms with Crippen molar-refractivity contribution < 1.29 is 9.53 Å². The van der Waals surface area contributed by atoms with Crippen LogP contribution in [0.25, 0.3) is 0 Å². The van der Waals surface area contributed by atoms with Gasteiger partial charge in [-0.25, -0.2) is 0 Å². The highest BCUT2D eigenvalue weighted by atomic mass is 16.5. The first-order valence-electron chi connectivity index (χ1n) is 4.78.